The summed E-state index contributed by atoms with van der Waals surface area (Å²) in [4.78, 5) is 17.7. The van der Waals surface area contributed by atoms with E-state index in [9.17, 15) is 9.90 Å². The number of rotatable bonds is 9. The van der Waals surface area contributed by atoms with Crippen molar-refractivity contribution in [1.29, 1.82) is 0 Å². The minimum atomic E-state index is 0. The molecule has 5 heteroatoms. The minimum Gasteiger partial charge on any atom is -0.512 e. The summed E-state index contributed by atoms with van der Waals surface area (Å²) in [7, 11) is 0. The van der Waals surface area contributed by atoms with Gasteiger partial charge in [-0.3, -0.25) is 4.79 Å². The van der Waals surface area contributed by atoms with E-state index in [0.29, 0.717) is 0 Å². The molecule has 0 saturated heterocycles. The normalized spacial score (nSPS) is 11.4. The van der Waals surface area contributed by atoms with Gasteiger partial charge in [-0.05, 0) is 68.0 Å². The van der Waals surface area contributed by atoms with Crippen LogP contribution >= 0.6 is 11.3 Å². The molecular formula is C36H44IrNO2S-. The molecule has 2 aromatic carbocycles. The van der Waals surface area contributed by atoms with Crippen LogP contribution in [0.25, 0.3) is 31.8 Å². The number of ketones is 1. The van der Waals surface area contributed by atoms with E-state index in [1.165, 1.54) is 43.3 Å². The molecule has 0 unspecified atom stereocenters. The number of allylic oxidation sites excluding steroid dienone is 2. The van der Waals surface area contributed by atoms with Crippen molar-refractivity contribution in [3.8, 4) is 21.7 Å². The van der Waals surface area contributed by atoms with Gasteiger partial charge in [0.15, 0.2) is 5.78 Å². The monoisotopic (exact) mass is 747 g/mol. The van der Waals surface area contributed by atoms with E-state index in [2.05, 4.69) is 81.2 Å². The first-order valence-corrected chi connectivity index (χ1v) is 15.3. The summed E-state index contributed by atoms with van der Waals surface area (Å²) in [6.45, 7) is 16.6. The number of aromatic nitrogens is 1. The molecule has 4 rings (SSSR count). The predicted octanol–water partition coefficient (Wildman–Crippen LogP) is 10.5. The number of aliphatic hydroxyl groups is 1. The second-order valence-electron chi connectivity index (χ2n) is 10.7. The van der Waals surface area contributed by atoms with Gasteiger partial charge in [0, 0.05) is 59.2 Å². The number of hydrogen-bond donors (Lipinski definition) is 1. The zero-order chi connectivity index (χ0) is 29.4. The Kier molecular flexibility index (Phi) is 13.6. The van der Waals surface area contributed by atoms with Crippen LogP contribution in [0.3, 0.4) is 0 Å². The summed E-state index contributed by atoms with van der Waals surface area (Å²) < 4.78 is 1.27. The van der Waals surface area contributed by atoms with E-state index in [0.717, 1.165) is 42.5 Å². The maximum Gasteiger partial charge on any atom is 0.162 e. The maximum atomic E-state index is 11.7. The van der Waals surface area contributed by atoms with Gasteiger partial charge in [-0.25, -0.2) is 0 Å². The first-order valence-electron chi connectivity index (χ1n) is 14.5. The second kappa shape index (κ2) is 16.2. The van der Waals surface area contributed by atoms with Crippen molar-refractivity contribution in [3.63, 3.8) is 0 Å². The van der Waals surface area contributed by atoms with E-state index < -0.39 is 0 Å². The van der Waals surface area contributed by atoms with E-state index in [-0.39, 0.29) is 43.5 Å². The van der Waals surface area contributed by atoms with Crippen molar-refractivity contribution in [2.45, 2.75) is 81.1 Å². The van der Waals surface area contributed by atoms with Gasteiger partial charge in [0.05, 0.1) is 5.76 Å². The third-order valence-electron chi connectivity index (χ3n) is 7.64. The predicted molar refractivity (Wildman–Crippen MR) is 172 cm³/mol. The summed E-state index contributed by atoms with van der Waals surface area (Å²) in [6.07, 6.45) is 6.90. The van der Waals surface area contributed by atoms with Gasteiger partial charge in [-0.2, -0.15) is 0 Å². The summed E-state index contributed by atoms with van der Waals surface area (Å²) >= 11 is 1.84. The van der Waals surface area contributed by atoms with E-state index in [1.807, 2.05) is 45.2 Å². The van der Waals surface area contributed by atoms with Crippen LogP contribution in [0, 0.1) is 45.6 Å². The molecule has 0 fully saturated rings. The molecule has 0 atom stereocenters. The number of hydrogen-bond acceptors (Lipinski definition) is 4. The molecular weight excluding hydrogens is 703 g/mol. The second-order valence-corrected chi connectivity index (χ2v) is 11.8. The van der Waals surface area contributed by atoms with Crippen molar-refractivity contribution in [2.75, 3.05) is 0 Å². The number of thiophene rings is 1. The van der Waals surface area contributed by atoms with Gasteiger partial charge in [-0.15, -0.1) is 46.2 Å². The van der Waals surface area contributed by atoms with Crippen LogP contribution in [0.4, 0.5) is 0 Å². The quantitative estimate of drug-likeness (QED) is 0.105. The molecule has 41 heavy (non-hydrogen) atoms. The molecule has 0 aliphatic rings. The van der Waals surface area contributed by atoms with Gasteiger partial charge in [0.25, 0.3) is 0 Å². The van der Waals surface area contributed by atoms with E-state index >= 15 is 0 Å². The summed E-state index contributed by atoms with van der Waals surface area (Å²) in [5.41, 5.74) is 8.46. The fourth-order valence-corrected chi connectivity index (χ4v) is 6.47. The molecule has 1 N–H and O–H groups in total. The number of benzene rings is 2. The molecule has 0 aliphatic heterocycles. The van der Waals surface area contributed by atoms with Crippen LogP contribution in [0.5, 0.6) is 0 Å². The molecule has 2 heterocycles. The summed E-state index contributed by atoms with van der Waals surface area (Å²) in [5.74, 6) is 0.547. The van der Waals surface area contributed by atoms with Gasteiger partial charge >= 0.3 is 0 Å². The van der Waals surface area contributed by atoms with Crippen LogP contribution in [0.1, 0.15) is 75.6 Å². The Morgan fingerprint density at radius 1 is 0.927 bits per heavy atom. The average molecular weight is 747 g/mol. The number of nitrogens with zero attached hydrogens (tertiary/aromatic N) is 1. The Labute approximate surface area is 264 Å². The Bertz CT molecular complexity index is 1440. The van der Waals surface area contributed by atoms with Crippen LogP contribution < -0.4 is 0 Å². The van der Waals surface area contributed by atoms with Gasteiger partial charge in [0.1, 0.15) is 0 Å². The van der Waals surface area contributed by atoms with Crippen molar-refractivity contribution in [2.24, 2.45) is 11.8 Å². The summed E-state index contributed by atoms with van der Waals surface area (Å²) in [6, 6.07) is 18.7. The number of carbonyl (C=O) groups excluding carboxylic acids is 1. The molecule has 0 bridgehead atoms. The molecule has 0 spiro atoms. The van der Waals surface area contributed by atoms with Crippen LogP contribution in [0.15, 0.2) is 60.5 Å². The zero-order valence-corrected chi connectivity index (χ0v) is 28.9. The molecule has 0 amide bonds. The Balaban J connectivity index is 0.000000320. The summed E-state index contributed by atoms with van der Waals surface area (Å²) in [5, 5.41) is 11.0. The molecule has 0 aliphatic carbocycles. The smallest absolute Gasteiger partial charge is 0.162 e. The SMILES string of the molecule is CCC(CC)C(=O)/C=C(\O)C(CC)CC.Cc1[c-]c(-c2cc3sc(-c4c(C)cccc4C)cc3cn2)cc(C)c1.[Ir]. The minimum absolute atomic E-state index is 0. The first kappa shape index (κ1) is 34.6. The maximum absolute atomic E-state index is 11.7. The third-order valence-corrected chi connectivity index (χ3v) is 8.75. The van der Waals surface area contributed by atoms with Gasteiger partial charge in [-0.1, -0.05) is 65.8 Å². The molecule has 4 aromatic rings. The van der Waals surface area contributed by atoms with Crippen LogP contribution in [-0.4, -0.2) is 15.9 Å². The molecule has 2 aromatic heterocycles. The molecule has 221 valence electrons. The van der Waals surface area contributed by atoms with Crippen molar-refractivity contribution >= 4 is 27.2 Å². The van der Waals surface area contributed by atoms with Crippen molar-refractivity contribution < 1.29 is 30.0 Å². The number of aryl methyl sites for hydroxylation is 4. The molecule has 1 radical (unpaired) electrons. The standard InChI is InChI=1S/C23H20NS.C13H24O2.Ir/c1-14-8-15(2)10-18(9-14)20-12-21-19(13-24-20)11-22(25-21)23-16(3)6-5-7-17(23)4;1-5-10(6-2)12(14)9-13(15)11(7-3)8-4;/h5-9,11-13H,1-4H3;9-11,14H,5-8H2,1-4H3;/q-1;;/b;12-9-;. The third kappa shape index (κ3) is 8.95. The average Bonchev–Trinajstić information content (AvgIpc) is 3.32. The number of aliphatic hydroxyl groups excluding tert-OH is 1. The fraction of sp³-hybridized carbons (Fsp3) is 0.389. The Morgan fingerprint density at radius 3 is 2.10 bits per heavy atom. The van der Waals surface area contributed by atoms with E-state index in [1.54, 1.807) is 0 Å². The zero-order valence-electron chi connectivity index (χ0n) is 25.7. The van der Waals surface area contributed by atoms with Crippen LogP contribution in [-0.2, 0) is 24.9 Å². The van der Waals surface area contributed by atoms with Gasteiger partial charge in [0.2, 0.25) is 0 Å². The van der Waals surface area contributed by atoms with Crippen molar-refractivity contribution in [3.05, 3.63) is 88.8 Å². The Hall–Kier alpha value is -2.59. The molecule has 3 nitrogen and oxygen atoms in total. The Morgan fingerprint density at radius 2 is 1.54 bits per heavy atom. The van der Waals surface area contributed by atoms with Crippen molar-refractivity contribution in [1.82, 2.24) is 4.98 Å². The topological polar surface area (TPSA) is 50.2 Å². The fourth-order valence-electron chi connectivity index (χ4n) is 5.22. The number of fused-ring (bicyclic) bond motifs is 1. The molecule has 0 saturated carbocycles. The van der Waals surface area contributed by atoms with E-state index in [4.69, 9.17) is 0 Å². The number of carbonyl (C=O) groups is 1. The van der Waals surface area contributed by atoms with Gasteiger partial charge < -0.3 is 10.1 Å². The first-order chi connectivity index (χ1) is 19.1. The number of pyridine rings is 1. The largest absolute Gasteiger partial charge is 0.512 e. The van der Waals surface area contributed by atoms with Crippen LogP contribution in [0.2, 0.25) is 0 Å².